The number of hydrogen-bond acceptors (Lipinski definition) is 5. The minimum atomic E-state index is -3.00. The lowest BCUT2D eigenvalue weighted by atomic mass is 10.3. The van der Waals surface area contributed by atoms with Crippen molar-refractivity contribution >= 4 is 45.5 Å². The molecule has 0 unspecified atom stereocenters. The van der Waals surface area contributed by atoms with Gasteiger partial charge in [0.2, 0.25) is 0 Å². The number of sulfone groups is 1. The van der Waals surface area contributed by atoms with E-state index >= 15 is 0 Å². The Balaban J connectivity index is 0.00000264. The largest absolute Gasteiger partial charge is 0.490 e. The third-order valence-electron chi connectivity index (χ3n) is 3.00. The normalized spacial score (nSPS) is 14.4. The number of aliphatic imine (C=N–C) groups is 1. The molecule has 0 bridgehead atoms. The molecule has 0 atom stereocenters. The fraction of sp³-hybridized carbons (Fsp3) is 0.500. The van der Waals surface area contributed by atoms with Gasteiger partial charge in [0.25, 0.3) is 0 Å². The first-order valence-corrected chi connectivity index (χ1v) is 9.09. The maximum atomic E-state index is 11.1. The summed E-state index contributed by atoms with van der Waals surface area (Å²) in [6, 6.07) is 5.54. The molecule has 2 rings (SSSR count). The highest BCUT2D eigenvalue weighted by atomic mass is 127. The van der Waals surface area contributed by atoms with Crippen LogP contribution in [-0.2, 0) is 9.84 Å². The van der Waals surface area contributed by atoms with E-state index in [1.807, 2.05) is 18.2 Å². The van der Waals surface area contributed by atoms with Crippen LogP contribution in [0.4, 0.5) is 5.69 Å². The summed E-state index contributed by atoms with van der Waals surface area (Å²) in [5.41, 5.74) is 0.789. The number of ether oxygens (including phenoxy) is 2. The molecule has 1 aromatic carbocycles. The third-order valence-corrected chi connectivity index (χ3v) is 3.94. The van der Waals surface area contributed by atoms with Crippen molar-refractivity contribution < 1.29 is 17.9 Å². The summed E-state index contributed by atoms with van der Waals surface area (Å²) in [6.45, 7) is 1.56. The molecule has 0 amide bonds. The topological polar surface area (TPSA) is 89.0 Å². The highest BCUT2D eigenvalue weighted by Crippen LogP contribution is 2.32. The molecule has 1 aliphatic rings. The third kappa shape index (κ3) is 6.81. The SMILES string of the molecule is CN=C(NCCS(C)(=O)=O)Nc1ccc2c(c1)OCCCO2.I. The van der Waals surface area contributed by atoms with Crippen molar-refractivity contribution in [3.05, 3.63) is 18.2 Å². The Morgan fingerprint density at radius 2 is 1.96 bits per heavy atom. The number of benzene rings is 1. The summed E-state index contributed by atoms with van der Waals surface area (Å²) in [5, 5.41) is 6.05. The monoisotopic (exact) mass is 455 g/mol. The Bertz CT molecular complexity index is 649. The molecule has 0 radical (unpaired) electrons. The van der Waals surface area contributed by atoms with Crippen molar-refractivity contribution in [3.63, 3.8) is 0 Å². The molecule has 130 valence electrons. The Labute approximate surface area is 153 Å². The first-order valence-electron chi connectivity index (χ1n) is 7.03. The molecule has 2 N–H and O–H groups in total. The van der Waals surface area contributed by atoms with E-state index < -0.39 is 9.84 Å². The van der Waals surface area contributed by atoms with Crippen LogP contribution in [0.2, 0.25) is 0 Å². The number of rotatable bonds is 4. The first kappa shape index (κ1) is 19.8. The number of halogens is 1. The number of guanidine groups is 1. The maximum Gasteiger partial charge on any atom is 0.195 e. The van der Waals surface area contributed by atoms with Gasteiger partial charge in [0.1, 0.15) is 9.84 Å². The summed E-state index contributed by atoms with van der Waals surface area (Å²) < 4.78 is 33.4. The zero-order valence-corrected chi connectivity index (χ0v) is 16.3. The van der Waals surface area contributed by atoms with E-state index in [1.54, 1.807) is 7.05 Å². The van der Waals surface area contributed by atoms with E-state index in [4.69, 9.17) is 9.47 Å². The van der Waals surface area contributed by atoms with Crippen LogP contribution in [0.25, 0.3) is 0 Å². The second-order valence-corrected chi connectivity index (χ2v) is 7.23. The number of fused-ring (bicyclic) bond motifs is 1. The smallest absolute Gasteiger partial charge is 0.195 e. The number of hydrogen-bond donors (Lipinski definition) is 2. The molecule has 0 saturated heterocycles. The van der Waals surface area contributed by atoms with Crippen LogP contribution in [0.3, 0.4) is 0 Å². The number of anilines is 1. The molecule has 7 nitrogen and oxygen atoms in total. The van der Waals surface area contributed by atoms with E-state index in [-0.39, 0.29) is 29.7 Å². The Hall–Kier alpha value is -1.23. The molecule has 1 heterocycles. The van der Waals surface area contributed by atoms with Gasteiger partial charge in [-0.1, -0.05) is 0 Å². The predicted octanol–water partition coefficient (Wildman–Crippen LogP) is 1.50. The first-order chi connectivity index (χ1) is 10.5. The van der Waals surface area contributed by atoms with Gasteiger partial charge in [-0.15, -0.1) is 24.0 Å². The summed E-state index contributed by atoms with van der Waals surface area (Å²) >= 11 is 0. The molecular weight excluding hydrogens is 433 g/mol. The molecule has 0 saturated carbocycles. The highest BCUT2D eigenvalue weighted by molar-refractivity contribution is 14.0. The summed E-state index contributed by atoms with van der Waals surface area (Å²) in [4.78, 5) is 4.06. The second-order valence-electron chi connectivity index (χ2n) is 4.97. The fourth-order valence-electron chi connectivity index (χ4n) is 1.91. The van der Waals surface area contributed by atoms with Crippen LogP contribution < -0.4 is 20.1 Å². The van der Waals surface area contributed by atoms with E-state index in [2.05, 4.69) is 15.6 Å². The fourth-order valence-corrected chi connectivity index (χ4v) is 2.38. The average Bonchev–Trinajstić information content (AvgIpc) is 2.69. The Kier molecular flexibility index (Phi) is 7.89. The minimum Gasteiger partial charge on any atom is -0.490 e. The maximum absolute atomic E-state index is 11.1. The van der Waals surface area contributed by atoms with Gasteiger partial charge >= 0.3 is 0 Å². The summed E-state index contributed by atoms with van der Waals surface area (Å²) in [5.74, 6) is 1.96. The van der Waals surface area contributed by atoms with Gasteiger partial charge in [-0.3, -0.25) is 4.99 Å². The molecule has 23 heavy (non-hydrogen) atoms. The van der Waals surface area contributed by atoms with Crippen molar-refractivity contribution in [2.24, 2.45) is 4.99 Å². The van der Waals surface area contributed by atoms with Crippen molar-refractivity contribution in [3.8, 4) is 11.5 Å². The van der Waals surface area contributed by atoms with E-state index in [1.165, 1.54) is 6.26 Å². The van der Waals surface area contributed by atoms with Crippen LogP contribution >= 0.6 is 24.0 Å². The van der Waals surface area contributed by atoms with Crippen LogP contribution in [0.15, 0.2) is 23.2 Å². The Morgan fingerprint density at radius 3 is 2.61 bits per heavy atom. The summed E-state index contributed by atoms with van der Waals surface area (Å²) in [6.07, 6.45) is 2.06. The molecule has 0 aliphatic carbocycles. The molecular formula is C14H22IN3O4S. The van der Waals surface area contributed by atoms with Crippen LogP contribution in [0, 0.1) is 0 Å². The molecule has 0 spiro atoms. The van der Waals surface area contributed by atoms with Crippen molar-refractivity contribution in [1.29, 1.82) is 0 Å². The van der Waals surface area contributed by atoms with Gasteiger partial charge in [-0.25, -0.2) is 8.42 Å². The van der Waals surface area contributed by atoms with Crippen molar-refractivity contribution in [2.45, 2.75) is 6.42 Å². The standard InChI is InChI=1S/C14H21N3O4S.HI/c1-15-14(16-6-9-22(2,18)19)17-11-4-5-12-13(10-11)21-8-3-7-20-12;/h4-5,10H,3,6-9H2,1-2H3,(H2,15,16,17);1H. The molecule has 0 aromatic heterocycles. The van der Waals surface area contributed by atoms with Gasteiger partial charge in [-0.05, 0) is 12.1 Å². The van der Waals surface area contributed by atoms with Gasteiger partial charge in [0.05, 0.1) is 19.0 Å². The van der Waals surface area contributed by atoms with E-state index in [9.17, 15) is 8.42 Å². The zero-order valence-electron chi connectivity index (χ0n) is 13.2. The second kappa shape index (κ2) is 9.16. The molecule has 1 aromatic rings. The zero-order chi connectivity index (χ0) is 16.0. The van der Waals surface area contributed by atoms with Crippen LogP contribution in [0.1, 0.15) is 6.42 Å². The van der Waals surface area contributed by atoms with E-state index in [0.717, 1.165) is 17.9 Å². The van der Waals surface area contributed by atoms with Crippen molar-refractivity contribution in [1.82, 2.24) is 5.32 Å². The predicted molar refractivity (Wildman–Crippen MR) is 102 cm³/mol. The molecule has 9 heteroatoms. The van der Waals surface area contributed by atoms with Crippen LogP contribution in [0.5, 0.6) is 11.5 Å². The Morgan fingerprint density at radius 1 is 1.26 bits per heavy atom. The van der Waals surface area contributed by atoms with Gasteiger partial charge in [-0.2, -0.15) is 0 Å². The average molecular weight is 455 g/mol. The minimum absolute atomic E-state index is 0. The lowest BCUT2D eigenvalue weighted by Crippen LogP contribution is -2.34. The van der Waals surface area contributed by atoms with Gasteiger partial charge in [0.15, 0.2) is 17.5 Å². The lowest BCUT2D eigenvalue weighted by Gasteiger charge is -2.13. The molecule has 1 aliphatic heterocycles. The lowest BCUT2D eigenvalue weighted by molar-refractivity contribution is 0.297. The summed E-state index contributed by atoms with van der Waals surface area (Å²) in [7, 11) is -1.37. The quantitative estimate of drug-likeness (QED) is 0.407. The number of nitrogens with one attached hydrogen (secondary N) is 2. The van der Waals surface area contributed by atoms with E-state index in [0.29, 0.717) is 31.5 Å². The van der Waals surface area contributed by atoms with Gasteiger partial charge in [0, 0.05) is 38.0 Å². The van der Waals surface area contributed by atoms with Crippen LogP contribution in [-0.4, -0.2) is 53.2 Å². The van der Waals surface area contributed by atoms with Crippen molar-refractivity contribution in [2.75, 3.05) is 44.1 Å². The highest BCUT2D eigenvalue weighted by Gasteiger charge is 2.11. The molecule has 0 fully saturated rings. The number of nitrogens with zero attached hydrogens (tertiary/aromatic N) is 1. The van der Waals surface area contributed by atoms with Gasteiger partial charge < -0.3 is 20.1 Å².